The summed E-state index contributed by atoms with van der Waals surface area (Å²) < 4.78 is 12.8. The molecule has 0 aromatic carbocycles. The highest BCUT2D eigenvalue weighted by atomic mass is 16.6. The molecule has 1 aromatic heterocycles. The van der Waals surface area contributed by atoms with Crippen molar-refractivity contribution in [1.29, 1.82) is 0 Å². The molecule has 1 fully saturated rings. The van der Waals surface area contributed by atoms with Gasteiger partial charge in [-0.2, -0.15) is 5.10 Å². The Hall–Kier alpha value is -1.56. The van der Waals surface area contributed by atoms with E-state index in [-0.39, 0.29) is 6.09 Å². The molecule has 0 aliphatic carbocycles. The summed E-state index contributed by atoms with van der Waals surface area (Å²) in [7, 11) is 0. The molecule has 0 N–H and O–H groups in total. The van der Waals surface area contributed by atoms with Gasteiger partial charge in [-0.25, -0.2) is 4.79 Å². The number of ether oxygens (including phenoxy) is 2. The van der Waals surface area contributed by atoms with Crippen molar-refractivity contribution in [3.63, 3.8) is 0 Å². The second-order valence-electron chi connectivity index (χ2n) is 7.30. The summed E-state index contributed by atoms with van der Waals surface area (Å²) in [6.07, 6.45) is 4.69. The molecule has 0 unspecified atom stereocenters. The molecule has 0 spiro atoms. The van der Waals surface area contributed by atoms with Gasteiger partial charge in [0.25, 0.3) is 0 Å². The summed E-state index contributed by atoms with van der Waals surface area (Å²) in [5.41, 5.74) is 0.698. The molecule has 0 atom stereocenters. The number of hydrogen-bond acceptors (Lipinski definition) is 4. The van der Waals surface area contributed by atoms with Crippen LogP contribution in [0.25, 0.3) is 0 Å². The Morgan fingerprint density at radius 1 is 1.33 bits per heavy atom. The molecule has 6 heteroatoms. The molecule has 1 aromatic rings. The third-order valence-corrected chi connectivity index (χ3v) is 4.11. The first kappa shape index (κ1) is 18.8. The molecule has 1 amide bonds. The van der Waals surface area contributed by atoms with Gasteiger partial charge in [0.1, 0.15) is 5.60 Å². The lowest BCUT2D eigenvalue weighted by atomic mass is 9.94. The maximum absolute atomic E-state index is 12.1. The number of nitrogens with zero attached hydrogens (tertiary/aromatic N) is 3. The van der Waals surface area contributed by atoms with Crippen LogP contribution >= 0.6 is 0 Å². The monoisotopic (exact) mass is 337 g/mol. The van der Waals surface area contributed by atoms with Crippen LogP contribution in [0, 0.1) is 0 Å². The van der Waals surface area contributed by atoms with E-state index in [0.717, 1.165) is 57.8 Å². The molecule has 24 heavy (non-hydrogen) atoms. The summed E-state index contributed by atoms with van der Waals surface area (Å²) in [5, 5.41) is 4.69. The van der Waals surface area contributed by atoms with E-state index in [9.17, 15) is 4.79 Å². The highest BCUT2D eigenvalue weighted by Crippen LogP contribution is 2.27. The number of rotatable bonds is 6. The van der Waals surface area contributed by atoms with Crippen LogP contribution in [-0.2, 0) is 16.0 Å². The van der Waals surface area contributed by atoms with Crippen LogP contribution in [-0.4, -0.2) is 52.7 Å². The highest BCUT2D eigenvalue weighted by molar-refractivity contribution is 5.68. The van der Waals surface area contributed by atoms with E-state index in [1.54, 1.807) is 4.90 Å². The maximum Gasteiger partial charge on any atom is 0.410 e. The lowest BCUT2D eigenvalue weighted by Gasteiger charge is -2.32. The first-order valence-corrected chi connectivity index (χ1v) is 8.98. The van der Waals surface area contributed by atoms with Gasteiger partial charge in [-0.1, -0.05) is 0 Å². The van der Waals surface area contributed by atoms with E-state index in [1.807, 2.05) is 38.6 Å². The average molecular weight is 337 g/mol. The topological polar surface area (TPSA) is 56.6 Å². The van der Waals surface area contributed by atoms with Crippen LogP contribution in [0.3, 0.4) is 0 Å². The van der Waals surface area contributed by atoms with Gasteiger partial charge in [-0.05, 0) is 53.0 Å². The van der Waals surface area contributed by atoms with Crippen molar-refractivity contribution in [2.24, 2.45) is 0 Å². The van der Waals surface area contributed by atoms with Gasteiger partial charge in [0.05, 0.1) is 5.69 Å². The smallest absolute Gasteiger partial charge is 0.410 e. The zero-order valence-electron chi connectivity index (χ0n) is 15.5. The molecule has 1 aliphatic rings. The zero-order valence-corrected chi connectivity index (χ0v) is 15.5. The van der Waals surface area contributed by atoms with Crippen molar-refractivity contribution in [1.82, 2.24) is 14.7 Å². The number of likely N-dealkylation sites (tertiary alicyclic amines) is 1. The fraction of sp³-hybridized carbons (Fsp3) is 0.778. The molecule has 2 heterocycles. The van der Waals surface area contributed by atoms with Gasteiger partial charge in [-0.15, -0.1) is 0 Å². The van der Waals surface area contributed by atoms with Crippen LogP contribution in [0.15, 0.2) is 12.3 Å². The van der Waals surface area contributed by atoms with E-state index < -0.39 is 5.60 Å². The summed E-state index contributed by atoms with van der Waals surface area (Å²) in [4.78, 5) is 13.9. The molecule has 136 valence electrons. The van der Waals surface area contributed by atoms with Crippen molar-refractivity contribution in [2.45, 2.75) is 65.0 Å². The van der Waals surface area contributed by atoms with E-state index >= 15 is 0 Å². The second-order valence-corrected chi connectivity index (χ2v) is 7.30. The molecule has 0 bridgehead atoms. The SMILES string of the molecule is CCOCCCn1ccc(C2CCN(C(=O)OC(C)(C)C)CC2)n1. The summed E-state index contributed by atoms with van der Waals surface area (Å²) in [6.45, 7) is 11.6. The van der Waals surface area contributed by atoms with Crippen LogP contribution in [0.1, 0.15) is 58.6 Å². The molecular weight excluding hydrogens is 306 g/mol. The molecule has 2 rings (SSSR count). The average Bonchev–Trinajstić information content (AvgIpc) is 2.99. The Labute approximate surface area is 145 Å². The number of aromatic nitrogens is 2. The first-order chi connectivity index (χ1) is 11.4. The number of amides is 1. The third kappa shape index (κ3) is 5.82. The summed E-state index contributed by atoms with van der Waals surface area (Å²) >= 11 is 0. The van der Waals surface area contributed by atoms with E-state index in [1.165, 1.54) is 0 Å². The molecule has 1 aliphatic heterocycles. The second kappa shape index (κ2) is 8.51. The van der Waals surface area contributed by atoms with Gasteiger partial charge in [-0.3, -0.25) is 4.68 Å². The number of piperidine rings is 1. The molecule has 1 saturated heterocycles. The summed E-state index contributed by atoms with van der Waals surface area (Å²) in [6, 6.07) is 2.11. The minimum absolute atomic E-state index is 0.206. The number of aryl methyl sites for hydroxylation is 1. The lowest BCUT2D eigenvalue weighted by Crippen LogP contribution is -2.41. The first-order valence-electron chi connectivity index (χ1n) is 8.98. The molecular formula is C18H31N3O3. The number of carbonyl (C=O) groups excluding carboxylic acids is 1. The summed E-state index contributed by atoms with van der Waals surface area (Å²) in [5.74, 6) is 0.428. The van der Waals surface area contributed by atoms with Crippen molar-refractivity contribution in [3.8, 4) is 0 Å². The van der Waals surface area contributed by atoms with Gasteiger partial charge in [0.15, 0.2) is 0 Å². The third-order valence-electron chi connectivity index (χ3n) is 4.11. The standard InChI is InChI=1S/C18H31N3O3/c1-5-23-14-6-10-21-13-9-16(19-21)15-7-11-20(12-8-15)17(22)24-18(2,3)4/h9,13,15H,5-8,10-12,14H2,1-4H3. The quantitative estimate of drug-likeness (QED) is 0.746. The van der Waals surface area contributed by atoms with Gasteiger partial charge < -0.3 is 14.4 Å². The zero-order chi connectivity index (χ0) is 17.6. The van der Waals surface area contributed by atoms with Crippen molar-refractivity contribution in [3.05, 3.63) is 18.0 Å². The van der Waals surface area contributed by atoms with E-state index in [4.69, 9.17) is 9.47 Å². The largest absolute Gasteiger partial charge is 0.444 e. The molecule has 0 radical (unpaired) electrons. The minimum Gasteiger partial charge on any atom is -0.444 e. The van der Waals surface area contributed by atoms with Gasteiger partial charge >= 0.3 is 6.09 Å². The van der Waals surface area contributed by atoms with Crippen LogP contribution in [0.2, 0.25) is 0 Å². The van der Waals surface area contributed by atoms with Gasteiger partial charge in [0.2, 0.25) is 0 Å². The van der Waals surface area contributed by atoms with Crippen LogP contribution < -0.4 is 0 Å². The van der Waals surface area contributed by atoms with E-state index in [2.05, 4.69) is 11.2 Å². The predicted molar refractivity (Wildman–Crippen MR) is 93.1 cm³/mol. The fourth-order valence-electron chi connectivity index (χ4n) is 2.88. The Balaban J connectivity index is 1.78. The van der Waals surface area contributed by atoms with Crippen LogP contribution in [0.4, 0.5) is 4.79 Å². The Kier molecular flexibility index (Phi) is 6.66. The number of hydrogen-bond donors (Lipinski definition) is 0. The van der Waals surface area contributed by atoms with Gasteiger partial charge in [0, 0.05) is 45.0 Å². The fourth-order valence-corrected chi connectivity index (χ4v) is 2.88. The normalized spacial score (nSPS) is 16.4. The predicted octanol–water partition coefficient (Wildman–Crippen LogP) is 3.42. The Morgan fingerprint density at radius 2 is 2.04 bits per heavy atom. The lowest BCUT2D eigenvalue weighted by molar-refractivity contribution is 0.0204. The Morgan fingerprint density at radius 3 is 2.67 bits per heavy atom. The van der Waals surface area contributed by atoms with Crippen molar-refractivity contribution < 1.29 is 14.3 Å². The molecule has 6 nitrogen and oxygen atoms in total. The highest BCUT2D eigenvalue weighted by Gasteiger charge is 2.28. The Bertz CT molecular complexity index is 514. The number of carbonyl (C=O) groups is 1. The van der Waals surface area contributed by atoms with Crippen LogP contribution in [0.5, 0.6) is 0 Å². The van der Waals surface area contributed by atoms with Crippen molar-refractivity contribution in [2.75, 3.05) is 26.3 Å². The minimum atomic E-state index is -0.436. The van der Waals surface area contributed by atoms with Crippen molar-refractivity contribution >= 4 is 6.09 Å². The van der Waals surface area contributed by atoms with E-state index in [0.29, 0.717) is 5.92 Å². The molecule has 0 saturated carbocycles. The maximum atomic E-state index is 12.1.